The van der Waals surface area contributed by atoms with Gasteiger partial charge >= 0.3 is 0 Å². The van der Waals surface area contributed by atoms with Gasteiger partial charge in [-0.3, -0.25) is 9.98 Å². The summed E-state index contributed by atoms with van der Waals surface area (Å²) in [6.45, 7) is 8.10. The summed E-state index contributed by atoms with van der Waals surface area (Å²) in [6, 6.07) is 6.51. The van der Waals surface area contributed by atoms with Crippen LogP contribution in [0.4, 0.5) is 5.69 Å². The fourth-order valence-corrected chi connectivity index (χ4v) is 4.06. The number of aliphatic hydroxyl groups is 1. The maximum absolute atomic E-state index is 9.73. The number of dihydropyridines is 1. The van der Waals surface area contributed by atoms with Crippen LogP contribution in [0.5, 0.6) is 0 Å². The minimum absolute atomic E-state index is 0.104. The molecule has 1 aliphatic carbocycles. The van der Waals surface area contributed by atoms with Crippen LogP contribution in [0.25, 0.3) is 0 Å². The molecule has 0 spiro atoms. The fraction of sp³-hybridized carbons (Fsp3) is 0.458. The maximum Gasteiger partial charge on any atom is 0.129 e. The SMILES string of the molecule is C=N/C=C(C)\C(=N/CNc1ccc2c(c1)CCNC2)NC1CC=CC(C2(CO)CC2)=N1. The number of benzene rings is 1. The summed E-state index contributed by atoms with van der Waals surface area (Å²) in [5.41, 5.74) is 5.60. The molecule has 1 aromatic rings. The Morgan fingerprint density at radius 2 is 2.26 bits per heavy atom. The second kappa shape index (κ2) is 9.58. The van der Waals surface area contributed by atoms with Crippen LogP contribution in [0.3, 0.4) is 0 Å². The van der Waals surface area contributed by atoms with Gasteiger partial charge in [-0.05, 0) is 68.8 Å². The first-order valence-electron chi connectivity index (χ1n) is 11.0. The summed E-state index contributed by atoms with van der Waals surface area (Å²) in [5.74, 6) is 0.749. The van der Waals surface area contributed by atoms with E-state index < -0.39 is 0 Å². The van der Waals surface area contributed by atoms with Crippen LogP contribution in [0.1, 0.15) is 37.3 Å². The Bertz CT molecular complexity index is 941. The molecule has 4 rings (SSSR count). The molecule has 0 aromatic heterocycles. The molecule has 0 radical (unpaired) electrons. The first-order chi connectivity index (χ1) is 15.1. The average molecular weight is 421 g/mol. The summed E-state index contributed by atoms with van der Waals surface area (Å²) < 4.78 is 0. The highest BCUT2D eigenvalue weighted by molar-refractivity contribution is 6.03. The van der Waals surface area contributed by atoms with Crippen LogP contribution >= 0.6 is 0 Å². The minimum atomic E-state index is -0.134. The van der Waals surface area contributed by atoms with Crippen molar-refractivity contribution in [1.82, 2.24) is 10.6 Å². The summed E-state index contributed by atoms with van der Waals surface area (Å²) in [6.07, 6.45) is 9.62. The zero-order chi connectivity index (χ0) is 21.7. The Morgan fingerprint density at radius 3 is 3.03 bits per heavy atom. The zero-order valence-corrected chi connectivity index (χ0v) is 18.2. The predicted molar refractivity (Wildman–Crippen MR) is 128 cm³/mol. The quantitative estimate of drug-likeness (QED) is 0.384. The van der Waals surface area contributed by atoms with Gasteiger partial charge in [0.2, 0.25) is 0 Å². The van der Waals surface area contributed by atoms with Gasteiger partial charge in [-0.15, -0.1) is 0 Å². The van der Waals surface area contributed by atoms with E-state index in [4.69, 9.17) is 9.98 Å². The van der Waals surface area contributed by atoms with Crippen molar-refractivity contribution in [2.75, 3.05) is 25.1 Å². The number of rotatable bonds is 8. The number of anilines is 1. The zero-order valence-electron chi connectivity index (χ0n) is 18.2. The third-order valence-corrected chi connectivity index (χ3v) is 6.20. The Hall–Kier alpha value is -2.77. The lowest BCUT2D eigenvalue weighted by Gasteiger charge is -2.23. The van der Waals surface area contributed by atoms with E-state index in [1.165, 1.54) is 11.1 Å². The minimum Gasteiger partial charge on any atom is -0.395 e. The Kier molecular flexibility index (Phi) is 6.63. The number of fused-ring (bicyclic) bond motifs is 1. The summed E-state index contributed by atoms with van der Waals surface area (Å²) in [7, 11) is 0. The van der Waals surface area contributed by atoms with Crippen LogP contribution in [0.2, 0.25) is 0 Å². The van der Waals surface area contributed by atoms with Gasteiger partial charge in [-0.2, -0.15) is 0 Å². The van der Waals surface area contributed by atoms with E-state index in [2.05, 4.69) is 58.0 Å². The molecule has 1 atom stereocenters. The lowest BCUT2D eigenvalue weighted by atomic mass is 9.98. The van der Waals surface area contributed by atoms with Gasteiger partial charge in [0.1, 0.15) is 18.7 Å². The molecule has 0 amide bonds. The van der Waals surface area contributed by atoms with Crippen molar-refractivity contribution < 1.29 is 5.11 Å². The van der Waals surface area contributed by atoms with Crippen molar-refractivity contribution in [2.24, 2.45) is 20.4 Å². The molecule has 2 aliphatic heterocycles. The molecule has 0 bridgehead atoms. The number of nitrogens with one attached hydrogen (secondary N) is 3. The van der Waals surface area contributed by atoms with E-state index in [-0.39, 0.29) is 18.2 Å². The third-order valence-electron chi connectivity index (χ3n) is 6.20. The molecule has 0 saturated heterocycles. The van der Waals surface area contributed by atoms with E-state index in [0.29, 0.717) is 6.67 Å². The normalized spacial score (nSPS) is 22.4. The highest BCUT2D eigenvalue weighted by atomic mass is 16.3. The van der Waals surface area contributed by atoms with Crippen LogP contribution in [0, 0.1) is 5.41 Å². The molecule has 1 aromatic carbocycles. The molecule has 3 aliphatic rings. The summed E-state index contributed by atoms with van der Waals surface area (Å²) >= 11 is 0. The molecular formula is C24H32N6O. The second-order valence-electron chi connectivity index (χ2n) is 8.50. The topological polar surface area (TPSA) is 93.4 Å². The molecule has 1 unspecified atom stereocenters. The highest BCUT2D eigenvalue weighted by Crippen LogP contribution is 2.47. The van der Waals surface area contributed by atoms with Gasteiger partial charge in [0.15, 0.2) is 0 Å². The van der Waals surface area contributed by atoms with Gasteiger partial charge in [0.25, 0.3) is 0 Å². The number of hydrogen-bond acceptors (Lipinski definition) is 6. The fourth-order valence-electron chi connectivity index (χ4n) is 4.06. The van der Waals surface area contributed by atoms with Crippen molar-refractivity contribution in [1.29, 1.82) is 0 Å². The highest BCUT2D eigenvalue weighted by Gasteiger charge is 2.46. The van der Waals surface area contributed by atoms with E-state index in [0.717, 1.165) is 61.6 Å². The van der Waals surface area contributed by atoms with Gasteiger partial charge in [0.05, 0.1) is 6.61 Å². The predicted octanol–water partition coefficient (Wildman–Crippen LogP) is 2.79. The first-order valence-corrected chi connectivity index (χ1v) is 11.0. The first kappa shape index (κ1) is 21.5. The van der Waals surface area contributed by atoms with Crippen molar-refractivity contribution in [3.05, 3.63) is 53.3 Å². The molecule has 7 nitrogen and oxygen atoms in total. The maximum atomic E-state index is 9.73. The van der Waals surface area contributed by atoms with E-state index in [9.17, 15) is 5.11 Å². The standard InChI is InChI=1S/C24H32N6O/c1-17(13-25-2)23(30-22-5-3-4-21(29-22)24(15-31)9-10-24)28-16-27-20-7-6-19-14-26-11-8-18(19)12-20/h3-4,6-7,12-13,22,26-27,31H,2,5,8-11,14-16H2,1H3,(H,28,30)/b17-13-. The van der Waals surface area contributed by atoms with Gasteiger partial charge in [0, 0.05) is 41.6 Å². The van der Waals surface area contributed by atoms with Gasteiger partial charge in [-0.25, -0.2) is 4.99 Å². The summed E-state index contributed by atoms with van der Waals surface area (Å²) in [5, 5.41) is 20.0. The number of hydrogen-bond donors (Lipinski definition) is 4. The van der Waals surface area contributed by atoms with Crippen LogP contribution in [-0.4, -0.2) is 49.4 Å². The van der Waals surface area contributed by atoms with Crippen molar-refractivity contribution in [2.45, 2.75) is 45.3 Å². The second-order valence-corrected chi connectivity index (χ2v) is 8.50. The lowest BCUT2D eigenvalue weighted by molar-refractivity contribution is 0.251. The van der Waals surface area contributed by atoms with Gasteiger partial charge in [-0.1, -0.05) is 12.1 Å². The molecule has 164 valence electrons. The lowest BCUT2D eigenvalue weighted by Crippen LogP contribution is -2.37. The number of nitrogens with zero attached hydrogens (tertiary/aromatic N) is 3. The number of aliphatic imine (C=N–C) groups is 3. The molecular weight excluding hydrogens is 388 g/mol. The largest absolute Gasteiger partial charge is 0.395 e. The van der Waals surface area contributed by atoms with Crippen LogP contribution in [0.15, 0.2) is 57.1 Å². The van der Waals surface area contributed by atoms with Crippen molar-refractivity contribution in [3.8, 4) is 0 Å². The summed E-state index contributed by atoms with van der Waals surface area (Å²) in [4.78, 5) is 13.5. The molecule has 1 saturated carbocycles. The number of allylic oxidation sites excluding steroid dienone is 1. The Balaban J connectivity index is 1.44. The van der Waals surface area contributed by atoms with Crippen LogP contribution < -0.4 is 16.0 Å². The van der Waals surface area contributed by atoms with Crippen molar-refractivity contribution in [3.63, 3.8) is 0 Å². The van der Waals surface area contributed by atoms with E-state index >= 15 is 0 Å². The monoisotopic (exact) mass is 420 g/mol. The molecule has 31 heavy (non-hydrogen) atoms. The molecule has 2 heterocycles. The number of aliphatic hydroxyl groups excluding tert-OH is 1. The number of amidine groups is 1. The molecule has 1 fully saturated rings. The molecule has 4 N–H and O–H groups in total. The average Bonchev–Trinajstić information content (AvgIpc) is 3.60. The van der Waals surface area contributed by atoms with E-state index in [1.54, 1.807) is 6.20 Å². The van der Waals surface area contributed by atoms with Gasteiger partial charge < -0.3 is 21.1 Å². The Morgan fingerprint density at radius 1 is 1.39 bits per heavy atom. The molecule has 7 heteroatoms. The van der Waals surface area contributed by atoms with Crippen LogP contribution in [-0.2, 0) is 13.0 Å². The van der Waals surface area contributed by atoms with Crippen molar-refractivity contribution >= 4 is 24.0 Å². The third kappa shape index (κ3) is 5.11. The smallest absolute Gasteiger partial charge is 0.129 e. The van der Waals surface area contributed by atoms with E-state index in [1.807, 2.05) is 6.92 Å². The Labute approximate surface area is 184 Å².